The van der Waals surface area contributed by atoms with Crippen LogP contribution in [0, 0.1) is 5.92 Å². The lowest BCUT2D eigenvalue weighted by Gasteiger charge is -2.35. The minimum atomic E-state index is 0.162. The molecule has 0 aliphatic heterocycles. The van der Waals surface area contributed by atoms with Crippen LogP contribution in [0.4, 0.5) is 5.69 Å². The molecular formula is C20H30N2OS. The zero-order valence-electron chi connectivity index (χ0n) is 14.9. The Kier molecular flexibility index (Phi) is 5.65. The molecule has 0 bridgehead atoms. The smallest absolute Gasteiger partial charge is 0.171 e. The first-order valence-corrected chi connectivity index (χ1v) is 9.84. The second-order valence-corrected chi connectivity index (χ2v) is 8.05. The first-order chi connectivity index (χ1) is 11.6. The topological polar surface area (TPSA) is 33.3 Å². The van der Waals surface area contributed by atoms with Gasteiger partial charge in [-0.2, -0.15) is 0 Å². The number of hydrogen-bond donors (Lipinski definition) is 2. The summed E-state index contributed by atoms with van der Waals surface area (Å²) in [5.41, 5.74) is 1.18. The number of hydrogen-bond acceptors (Lipinski definition) is 2. The standard InChI is InChI=1S/C20H30N2OS/c1-15(2)20(13-5-6-14-20)22-19(24)21-16-9-11-18(12-10-16)23-17-7-3-4-8-17/h9-12,15,17H,3-8,13-14H2,1-2H3,(H2,21,22,24). The molecule has 3 nitrogen and oxygen atoms in total. The maximum Gasteiger partial charge on any atom is 0.171 e. The van der Waals surface area contributed by atoms with Gasteiger partial charge in [-0.15, -0.1) is 0 Å². The number of thiocarbonyl (C=S) groups is 1. The SMILES string of the molecule is CC(C)C1(NC(=S)Nc2ccc(OC3CCCC3)cc2)CCCC1. The van der Waals surface area contributed by atoms with Crippen molar-refractivity contribution in [3.8, 4) is 5.75 Å². The molecule has 0 radical (unpaired) electrons. The molecule has 24 heavy (non-hydrogen) atoms. The van der Waals surface area contributed by atoms with Crippen molar-refractivity contribution in [1.29, 1.82) is 0 Å². The summed E-state index contributed by atoms with van der Waals surface area (Å²) in [5, 5.41) is 7.67. The van der Waals surface area contributed by atoms with Gasteiger partial charge in [0, 0.05) is 11.2 Å². The maximum absolute atomic E-state index is 6.01. The van der Waals surface area contributed by atoms with Crippen LogP contribution in [0.5, 0.6) is 5.75 Å². The fraction of sp³-hybridized carbons (Fsp3) is 0.650. The van der Waals surface area contributed by atoms with Gasteiger partial charge in [-0.3, -0.25) is 0 Å². The Morgan fingerprint density at radius 3 is 2.29 bits per heavy atom. The quantitative estimate of drug-likeness (QED) is 0.712. The van der Waals surface area contributed by atoms with Gasteiger partial charge in [-0.1, -0.05) is 26.7 Å². The summed E-state index contributed by atoms with van der Waals surface area (Å²) >= 11 is 5.56. The molecule has 4 heteroatoms. The molecule has 1 aromatic carbocycles. The van der Waals surface area contributed by atoms with E-state index in [4.69, 9.17) is 17.0 Å². The molecule has 2 saturated carbocycles. The molecule has 2 fully saturated rings. The fourth-order valence-corrected chi connectivity index (χ4v) is 4.38. The Hall–Kier alpha value is -1.29. The third-order valence-electron chi connectivity index (χ3n) is 5.68. The van der Waals surface area contributed by atoms with Gasteiger partial charge in [0.2, 0.25) is 0 Å². The predicted octanol–water partition coefficient (Wildman–Crippen LogP) is 5.26. The van der Waals surface area contributed by atoms with Crippen LogP contribution in [-0.2, 0) is 0 Å². The zero-order chi connectivity index (χ0) is 17.0. The van der Waals surface area contributed by atoms with Crippen LogP contribution in [0.25, 0.3) is 0 Å². The van der Waals surface area contributed by atoms with E-state index in [2.05, 4.69) is 36.6 Å². The van der Waals surface area contributed by atoms with Crippen LogP contribution < -0.4 is 15.4 Å². The monoisotopic (exact) mass is 346 g/mol. The van der Waals surface area contributed by atoms with Crippen LogP contribution in [0.3, 0.4) is 0 Å². The van der Waals surface area contributed by atoms with Gasteiger partial charge in [0.15, 0.2) is 5.11 Å². The summed E-state index contributed by atoms with van der Waals surface area (Å²) in [6.07, 6.45) is 10.4. The van der Waals surface area contributed by atoms with Gasteiger partial charge >= 0.3 is 0 Å². The first kappa shape index (κ1) is 17.5. The number of benzene rings is 1. The average Bonchev–Trinajstić information content (AvgIpc) is 3.21. The largest absolute Gasteiger partial charge is 0.490 e. The highest BCUT2D eigenvalue weighted by Gasteiger charge is 2.37. The third kappa shape index (κ3) is 4.21. The van der Waals surface area contributed by atoms with Crippen LogP contribution in [0.2, 0.25) is 0 Å². The van der Waals surface area contributed by atoms with Crippen LogP contribution in [0.1, 0.15) is 65.2 Å². The fourth-order valence-electron chi connectivity index (χ4n) is 4.06. The Bertz CT molecular complexity index is 543. The minimum Gasteiger partial charge on any atom is -0.490 e. The lowest BCUT2D eigenvalue weighted by Crippen LogP contribution is -2.51. The number of ether oxygens (including phenoxy) is 1. The zero-order valence-corrected chi connectivity index (χ0v) is 15.8. The summed E-state index contributed by atoms with van der Waals surface area (Å²) in [6.45, 7) is 4.58. The molecular weight excluding hydrogens is 316 g/mol. The average molecular weight is 347 g/mol. The molecule has 0 saturated heterocycles. The van der Waals surface area contributed by atoms with Gasteiger partial charge in [0.1, 0.15) is 5.75 Å². The van der Waals surface area contributed by atoms with E-state index in [1.807, 2.05) is 12.1 Å². The van der Waals surface area contributed by atoms with E-state index < -0.39 is 0 Å². The summed E-state index contributed by atoms with van der Waals surface area (Å²) in [4.78, 5) is 0. The van der Waals surface area contributed by atoms with E-state index >= 15 is 0 Å². The summed E-state index contributed by atoms with van der Waals surface area (Å²) < 4.78 is 6.01. The highest BCUT2D eigenvalue weighted by Crippen LogP contribution is 2.36. The molecule has 2 aliphatic carbocycles. The third-order valence-corrected chi connectivity index (χ3v) is 5.88. The van der Waals surface area contributed by atoms with Crippen molar-refractivity contribution >= 4 is 23.0 Å². The van der Waals surface area contributed by atoms with Crippen LogP contribution >= 0.6 is 12.2 Å². The molecule has 3 rings (SSSR count). The van der Waals surface area contributed by atoms with E-state index in [0.717, 1.165) is 16.5 Å². The van der Waals surface area contributed by atoms with Crippen LogP contribution in [-0.4, -0.2) is 16.8 Å². The van der Waals surface area contributed by atoms with Crippen molar-refractivity contribution in [2.45, 2.75) is 76.9 Å². The highest BCUT2D eigenvalue weighted by atomic mass is 32.1. The molecule has 0 atom stereocenters. The highest BCUT2D eigenvalue weighted by molar-refractivity contribution is 7.80. The maximum atomic E-state index is 6.01. The molecule has 0 amide bonds. The number of rotatable bonds is 5. The van der Waals surface area contributed by atoms with Crippen molar-refractivity contribution < 1.29 is 4.74 Å². The molecule has 0 unspecified atom stereocenters. The first-order valence-electron chi connectivity index (χ1n) is 9.43. The number of anilines is 1. The van der Waals surface area contributed by atoms with E-state index in [9.17, 15) is 0 Å². The van der Waals surface area contributed by atoms with E-state index in [1.54, 1.807) is 0 Å². The number of nitrogens with one attached hydrogen (secondary N) is 2. The summed E-state index contributed by atoms with van der Waals surface area (Å²) in [7, 11) is 0. The van der Waals surface area contributed by atoms with Gasteiger partial charge in [0.05, 0.1) is 6.10 Å². The Morgan fingerprint density at radius 1 is 1.08 bits per heavy atom. The van der Waals surface area contributed by atoms with Gasteiger partial charge in [0.25, 0.3) is 0 Å². The van der Waals surface area contributed by atoms with Crippen LogP contribution in [0.15, 0.2) is 24.3 Å². The molecule has 2 N–H and O–H groups in total. The molecule has 2 aliphatic rings. The van der Waals surface area contributed by atoms with Gasteiger partial charge < -0.3 is 15.4 Å². The molecule has 0 spiro atoms. The van der Waals surface area contributed by atoms with Crippen molar-refractivity contribution in [3.05, 3.63) is 24.3 Å². The minimum absolute atomic E-state index is 0.162. The Morgan fingerprint density at radius 2 is 1.71 bits per heavy atom. The van der Waals surface area contributed by atoms with Gasteiger partial charge in [-0.05, 0) is 80.9 Å². The second-order valence-electron chi connectivity index (χ2n) is 7.65. The normalized spacial score (nSPS) is 20.3. The summed E-state index contributed by atoms with van der Waals surface area (Å²) in [5.74, 6) is 1.54. The van der Waals surface area contributed by atoms with Crippen molar-refractivity contribution in [2.75, 3.05) is 5.32 Å². The second kappa shape index (κ2) is 7.73. The van der Waals surface area contributed by atoms with E-state index in [-0.39, 0.29) is 5.54 Å². The molecule has 0 heterocycles. The predicted molar refractivity (Wildman–Crippen MR) is 105 cm³/mol. The lowest BCUT2D eigenvalue weighted by atomic mass is 9.85. The lowest BCUT2D eigenvalue weighted by molar-refractivity contribution is 0.210. The van der Waals surface area contributed by atoms with Crippen molar-refractivity contribution in [1.82, 2.24) is 5.32 Å². The van der Waals surface area contributed by atoms with Crippen molar-refractivity contribution in [3.63, 3.8) is 0 Å². The summed E-state index contributed by atoms with van der Waals surface area (Å²) in [6, 6.07) is 8.18. The molecule has 1 aromatic rings. The van der Waals surface area contributed by atoms with E-state index in [1.165, 1.54) is 51.4 Å². The Balaban J connectivity index is 1.54. The van der Waals surface area contributed by atoms with Crippen molar-refractivity contribution in [2.24, 2.45) is 5.92 Å². The molecule has 132 valence electrons. The Labute approximate surface area is 151 Å². The van der Waals surface area contributed by atoms with E-state index in [0.29, 0.717) is 12.0 Å². The van der Waals surface area contributed by atoms with Gasteiger partial charge in [-0.25, -0.2) is 0 Å². The molecule has 0 aromatic heterocycles.